The Morgan fingerprint density at radius 2 is 2.18 bits per heavy atom. The summed E-state index contributed by atoms with van der Waals surface area (Å²) in [6.45, 7) is 2.06. The summed E-state index contributed by atoms with van der Waals surface area (Å²) in [6, 6.07) is 4.89. The van der Waals surface area contributed by atoms with Crippen molar-refractivity contribution < 1.29 is 27.4 Å². The Balaban J connectivity index is 2.01. The lowest BCUT2D eigenvalue weighted by atomic mass is 10.2. The summed E-state index contributed by atoms with van der Waals surface area (Å²) < 4.78 is 47.9. The summed E-state index contributed by atoms with van der Waals surface area (Å²) in [4.78, 5) is 11.2. The molecule has 0 N–H and O–H groups in total. The third-order valence-corrected chi connectivity index (χ3v) is 2.90. The molecule has 0 aromatic heterocycles. The second-order valence-electron chi connectivity index (χ2n) is 4.51. The lowest BCUT2D eigenvalue weighted by molar-refractivity contribution is -0.145. The highest BCUT2D eigenvalue weighted by Gasteiger charge is 2.31. The third kappa shape index (κ3) is 4.12. The zero-order valence-electron chi connectivity index (χ0n) is 11.9. The average Bonchev–Trinajstić information content (AvgIpc) is 2.94. The minimum absolute atomic E-state index is 0.255. The molecule has 2 rings (SSSR count). The summed E-state index contributed by atoms with van der Waals surface area (Å²) in [6.07, 6.45) is -3.99. The molecule has 0 amide bonds. The molecule has 0 fully saturated rings. The normalized spacial score (nSPS) is 14.7. The first-order valence-electron chi connectivity index (χ1n) is 6.71. The Kier molecular flexibility index (Phi) is 4.89. The maximum atomic E-state index is 12.7. The molecule has 1 heterocycles. The molecule has 22 heavy (non-hydrogen) atoms. The Hall–Kier alpha value is -2.25. The summed E-state index contributed by atoms with van der Waals surface area (Å²) in [5.41, 5.74) is -0.411. The van der Waals surface area contributed by atoms with Crippen molar-refractivity contribution >= 4 is 17.6 Å². The molecular weight excluding hydrogens is 301 g/mol. The van der Waals surface area contributed by atoms with Crippen LogP contribution < -0.4 is 5.01 Å². The number of carbonyl (C=O) groups excluding carboxylic acids is 1. The number of benzene rings is 1. The van der Waals surface area contributed by atoms with Crippen LogP contribution in [0.4, 0.5) is 18.9 Å². The Labute approximate surface area is 125 Å². The molecule has 1 aliphatic rings. The molecule has 0 atom stereocenters. The lowest BCUT2D eigenvalue weighted by Crippen LogP contribution is -2.15. The van der Waals surface area contributed by atoms with Crippen molar-refractivity contribution in [1.29, 1.82) is 0 Å². The van der Waals surface area contributed by atoms with Gasteiger partial charge in [-0.25, -0.2) is 4.79 Å². The van der Waals surface area contributed by atoms with Gasteiger partial charge in [-0.2, -0.15) is 13.2 Å². The minimum Gasteiger partial charge on any atom is -0.468 e. The number of hydrazone groups is 1. The number of nitrogens with zero attached hydrogens (tertiary/aromatic N) is 2. The summed E-state index contributed by atoms with van der Waals surface area (Å²) in [5.74, 6) is -0.215. The van der Waals surface area contributed by atoms with E-state index in [4.69, 9.17) is 9.47 Å². The van der Waals surface area contributed by atoms with E-state index in [2.05, 4.69) is 5.10 Å². The molecule has 1 aromatic rings. The van der Waals surface area contributed by atoms with Crippen LogP contribution >= 0.6 is 0 Å². The number of ether oxygens (including phenoxy) is 2. The van der Waals surface area contributed by atoms with Crippen molar-refractivity contribution in [3.8, 4) is 0 Å². The van der Waals surface area contributed by atoms with Crippen LogP contribution in [0, 0.1) is 0 Å². The van der Waals surface area contributed by atoms with Gasteiger partial charge < -0.3 is 9.47 Å². The van der Waals surface area contributed by atoms with E-state index in [9.17, 15) is 18.0 Å². The molecule has 0 bridgehead atoms. The van der Waals surface area contributed by atoms with E-state index in [0.29, 0.717) is 24.6 Å². The molecule has 0 saturated carbocycles. The highest BCUT2D eigenvalue weighted by Crippen LogP contribution is 2.32. The molecule has 120 valence electrons. The average molecular weight is 316 g/mol. The van der Waals surface area contributed by atoms with Crippen LogP contribution in [-0.2, 0) is 20.4 Å². The van der Waals surface area contributed by atoms with Crippen LogP contribution in [0.1, 0.15) is 18.9 Å². The molecule has 0 unspecified atom stereocenters. The van der Waals surface area contributed by atoms with Gasteiger partial charge in [0.05, 0.1) is 24.4 Å². The van der Waals surface area contributed by atoms with Crippen LogP contribution in [0.15, 0.2) is 29.4 Å². The van der Waals surface area contributed by atoms with Crippen molar-refractivity contribution in [2.75, 3.05) is 24.8 Å². The fraction of sp³-hybridized carbons (Fsp3) is 0.429. The molecule has 5 nitrogen and oxygen atoms in total. The van der Waals surface area contributed by atoms with Crippen molar-refractivity contribution in [3.63, 3.8) is 0 Å². The SMILES string of the molecule is CCOC(=O)COC1=NN(c2cccc(C(F)(F)F)c2)CC1. The van der Waals surface area contributed by atoms with Gasteiger partial charge in [-0.05, 0) is 25.1 Å². The van der Waals surface area contributed by atoms with Gasteiger partial charge in [0.1, 0.15) is 0 Å². The molecular formula is C14H15F3N2O3. The van der Waals surface area contributed by atoms with E-state index in [1.807, 2.05) is 0 Å². The number of carbonyl (C=O) groups is 1. The third-order valence-electron chi connectivity index (χ3n) is 2.90. The molecule has 1 aliphatic heterocycles. The van der Waals surface area contributed by atoms with Gasteiger partial charge in [0.2, 0.25) is 5.90 Å². The first-order chi connectivity index (χ1) is 10.4. The number of esters is 1. The molecule has 1 aromatic carbocycles. The molecule has 0 radical (unpaired) electrons. The van der Waals surface area contributed by atoms with Crippen molar-refractivity contribution in [1.82, 2.24) is 0 Å². The van der Waals surface area contributed by atoms with Gasteiger partial charge in [-0.3, -0.25) is 5.01 Å². The van der Waals surface area contributed by atoms with Crippen LogP contribution in [0.5, 0.6) is 0 Å². The van der Waals surface area contributed by atoms with Crippen molar-refractivity contribution in [2.45, 2.75) is 19.5 Å². The van der Waals surface area contributed by atoms with E-state index < -0.39 is 17.7 Å². The van der Waals surface area contributed by atoms with Gasteiger partial charge in [-0.1, -0.05) is 6.07 Å². The predicted molar refractivity (Wildman–Crippen MR) is 73.4 cm³/mol. The van der Waals surface area contributed by atoms with Gasteiger partial charge >= 0.3 is 12.1 Å². The van der Waals surface area contributed by atoms with Crippen molar-refractivity contribution in [2.24, 2.45) is 5.10 Å². The van der Waals surface area contributed by atoms with E-state index in [-0.39, 0.29) is 13.2 Å². The smallest absolute Gasteiger partial charge is 0.416 e. The summed E-state index contributed by atoms with van der Waals surface area (Å²) in [7, 11) is 0. The maximum absolute atomic E-state index is 12.7. The summed E-state index contributed by atoms with van der Waals surface area (Å²) >= 11 is 0. The highest BCUT2D eigenvalue weighted by atomic mass is 19.4. The Bertz CT molecular complexity index is 573. The van der Waals surface area contributed by atoms with Crippen LogP contribution in [-0.4, -0.2) is 31.6 Å². The molecule has 0 saturated heterocycles. The van der Waals surface area contributed by atoms with Gasteiger partial charge in [0.25, 0.3) is 0 Å². The van der Waals surface area contributed by atoms with Crippen LogP contribution in [0.3, 0.4) is 0 Å². The summed E-state index contributed by atoms with van der Waals surface area (Å²) in [5, 5.41) is 5.48. The monoisotopic (exact) mass is 316 g/mol. The van der Waals surface area contributed by atoms with Crippen LogP contribution in [0.2, 0.25) is 0 Å². The standard InChI is InChI=1S/C14H15F3N2O3/c1-2-21-13(20)9-22-12-6-7-19(18-12)11-5-3-4-10(8-11)14(15,16)17/h3-5,8H,2,6-7,9H2,1H3. The second-order valence-corrected chi connectivity index (χ2v) is 4.51. The number of anilines is 1. The number of rotatable bonds is 4. The van der Waals surface area contributed by atoms with E-state index >= 15 is 0 Å². The largest absolute Gasteiger partial charge is 0.468 e. The fourth-order valence-corrected chi connectivity index (χ4v) is 1.91. The first kappa shape index (κ1) is 16.1. The molecule has 0 aliphatic carbocycles. The first-order valence-corrected chi connectivity index (χ1v) is 6.71. The van der Waals surface area contributed by atoms with Gasteiger partial charge in [0, 0.05) is 6.42 Å². The fourth-order valence-electron chi connectivity index (χ4n) is 1.91. The second kappa shape index (κ2) is 6.67. The molecule has 8 heteroatoms. The lowest BCUT2D eigenvalue weighted by Gasteiger charge is -2.15. The quantitative estimate of drug-likeness (QED) is 0.802. The van der Waals surface area contributed by atoms with E-state index in [1.54, 1.807) is 6.92 Å². The Morgan fingerprint density at radius 3 is 2.86 bits per heavy atom. The number of alkyl halides is 3. The number of hydrogen-bond acceptors (Lipinski definition) is 5. The maximum Gasteiger partial charge on any atom is 0.416 e. The zero-order valence-corrected chi connectivity index (χ0v) is 11.9. The number of hydrogen-bond donors (Lipinski definition) is 0. The number of halogens is 3. The van der Waals surface area contributed by atoms with Gasteiger partial charge in [-0.15, -0.1) is 5.10 Å². The predicted octanol–water partition coefficient (Wildman–Crippen LogP) is 2.81. The van der Waals surface area contributed by atoms with Crippen LogP contribution in [0.25, 0.3) is 0 Å². The molecule has 0 spiro atoms. The van der Waals surface area contributed by atoms with E-state index in [0.717, 1.165) is 12.1 Å². The van der Waals surface area contributed by atoms with Gasteiger partial charge in [0.15, 0.2) is 6.61 Å². The topological polar surface area (TPSA) is 51.1 Å². The van der Waals surface area contributed by atoms with E-state index in [1.165, 1.54) is 17.1 Å². The minimum atomic E-state index is -4.40. The zero-order chi connectivity index (χ0) is 16.2. The van der Waals surface area contributed by atoms with Crippen molar-refractivity contribution in [3.05, 3.63) is 29.8 Å². The Morgan fingerprint density at radius 1 is 1.41 bits per heavy atom. The highest BCUT2D eigenvalue weighted by molar-refractivity contribution is 5.83.